The standard InChI is InChI=1S/C16H14Cl2N2S2/c17-13-4-3-11(8-14(13)18)10-20-15(16-19-5-7-22-16)9-12-2-1-6-21-12/h1-8,15,20H,9-10H2/t15-/m1/s1. The van der Waals surface area contributed by atoms with Crippen molar-refractivity contribution in [3.63, 3.8) is 0 Å². The van der Waals surface area contributed by atoms with E-state index < -0.39 is 0 Å². The van der Waals surface area contributed by atoms with Gasteiger partial charge in [0.15, 0.2) is 0 Å². The molecule has 3 rings (SSSR count). The minimum Gasteiger partial charge on any atom is -0.304 e. The normalized spacial score (nSPS) is 12.5. The van der Waals surface area contributed by atoms with Gasteiger partial charge in [0, 0.05) is 29.4 Å². The number of thiazole rings is 1. The van der Waals surface area contributed by atoms with Gasteiger partial charge in [0.2, 0.25) is 0 Å². The second-order valence-corrected chi connectivity index (χ2v) is 7.61. The average Bonchev–Trinajstić information content (AvgIpc) is 3.19. The van der Waals surface area contributed by atoms with Crippen molar-refractivity contribution in [3.05, 3.63) is 72.8 Å². The Morgan fingerprint density at radius 2 is 2.00 bits per heavy atom. The van der Waals surface area contributed by atoms with E-state index in [0.29, 0.717) is 10.0 Å². The van der Waals surface area contributed by atoms with Gasteiger partial charge in [0.25, 0.3) is 0 Å². The summed E-state index contributed by atoms with van der Waals surface area (Å²) in [6.45, 7) is 0.729. The third-order valence-electron chi connectivity index (χ3n) is 3.27. The van der Waals surface area contributed by atoms with Gasteiger partial charge in [-0.15, -0.1) is 22.7 Å². The zero-order chi connectivity index (χ0) is 15.4. The highest BCUT2D eigenvalue weighted by Gasteiger charge is 2.15. The first kappa shape index (κ1) is 16.0. The zero-order valence-corrected chi connectivity index (χ0v) is 14.8. The smallest absolute Gasteiger partial charge is 0.110 e. The molecule has 0 bridgehead atoms. The highest BCUT2D eigenvalue weighted by atomic mass is 35.5. The van der Waals surface area contributed by atoms with E-state index in [1.807, 2.05) is 29.8 Å². The predicted octanol–water partition coefficient (Wildman–Crippen LogP) is 5.59. The largest absolute Gasteiger partial charge is 0.304 e. The third-order valence-corrected chi connectivity index (χ3v) is 5.80. The first-order valence-electron chi connectivity index (χ1n) is 6.81. The van der Waals surface area contributed by atoms with Crippen LogP contribution in [0.25, 0.3) is 0 Å². The second kappa shape index (κ2) is 7.57. The van der Waals surface area contributed by atoms with Gasteiger partial charge in [-0.25, -0.2) is 4.98 Å². The Kier molecular flexibility index (Phi) is 5.50. The number of hydrogen-bond acceptors (Lipinski definition) is 4. The van der Waals surface area contributed by atoms with E-state index in [1.165, 1.54) is 4.88 Å². The lowest BCUT2D eigenvalue weighted by Gasteiger charge is -2.16. The fraction of sp³-hybridized carbons (Fsp3) is 0.188. The van der Waals surface area contributed by atoms with Crippen molar-refractivity contribution in [1.29, 1.82) is 0 Å². The van der Waals surface area contributed by atoms with Crippen LogP contribution in [-0.2, 0) is 13.0 Å². The van der Waals surface area contributed by atoms with Crippen LogP contribution in [0.2, 0.25) is 10.0 Å². The summed E-state index contributed by atoms with van der Waals surface area (Å²) in [6.07, 6.45) is 2.79. The van der Waals surface area contributed by atoms with Crippen LogP contribution in [0.5, 0.6) is 0 Å². The molecule has 0 aliphatic rings. The molecule has 2 aromatic heterocycles. The molecule has 1 atom stereocenters. The van der Waals surface area contributed by atoms with Crippen LogP contribution in [0.15, 0.2) is 47.3 Å². The molecular formula is C16H14Cl2N2S2. The summed E-state index contributed by atoms with van der Waals surface area (Å²) in [6, 6.07) is 10.2. The average molecular weight is 369 g/mol. The molecule has 114 valence electrons. The molecule has 1 aromatic carbocycles. The summed E-state index contributed by atoms with van der Waals surface area (Å²) in [7, 11) is 0. The maximum absolute atomic E-state index is 6.08. The molecule has 6 heteroatoms. The molecule has 3 aromatic rings. The van der Waals surface area contributed by atoms with Crippen molar-refractivity contribution in [2.75, 3.05) is 0 Å². The molecule has 0 saturated carbocycles. The van der Waals surface area contributed by atoms with Crippen LogP contribution in [0.1, 0.15) is 21.5 Å². The summed E-state index contributed by atoms with van der Waals surface area (Å²) in [5, 5.41) is 9.97. The first-order valence-corrected chi connectivity index (χ1v) is 9.33. The van der Waals surface area contributed by atoms with Gasteiger partial charge in [-0.2, -0.15) is 0 Å². The summed E-state index contributed by atoms with van der Waals surface area (Å²) in [5.74, 6) is 0. The molecule has 2 nitrogen and oxygen atoms in total. The number of rotatable bonds is 6. The fourth-order valence-corrected chi connectivity index (χ4v) is 3.96. The van der Waals surface area contributed by atoms with E-state index >= 15 is 0 Å². The summed E-state index contributed by atoms with van der Waals surface area (Å²) in [5.41, 5.74) is 1.11. The van der Waals surface area contributed by atoms with E-state index in [9.17, 15) is 0 Å². The van der Waals surface area contributed by atoms with Crippen LogP contribution in [0.4, 0.5) is 0 Å². The van der Waals surface area contributed by atoms with Crippen LogP contribution in [-0.4, -0.2) is 4.98 Å². The molecule has 0 fully saturated rings. The molecule has 1 N–H and O–H groups in total. The minimum atomic E-state index is 0.202. The van der Waals surface area contributed by atoms with Crippen molar-refractivity contribution in [1.82, 2.24) is 10.3 Å². The van der Waals surface area contributed by atoms with E-state index in [2.05, 4.69) is 27.8 Å². The van der Waals surface area contributed by atoms with Gasteiger partial charge < -0.3 is 5.32 Å². The Morgan fingerprint density at radius 3 is 2.68 bits per heavy atom. The highest BCUT2D eigenvalue weighted by molar-refractivity contribution is 7.10. The van der Waals surface area contributed by atoms with Crippen molar-refractivity contribution in [2.45, 2.75) is 19.0 Å². The van der Waals surface area contributed by atoms with Gasteiger partial charge in [0.1, 0.15) is 5.01 Å². The number of halogens is 2. The Labute approximate surface area is 147 Å². The molecule has 0 radical (unpaired) electrons. The Balaban J connectivity index is 1.71. The third kappa shape index (κ3) is 4.09. The van der Waals surface area contributed by atoms with Gasteiger partial charge >= 0.3 is 0 Å². The number of nitrogens with zero attached hydrogens (tertiary/aromatic N) is 1. The zero-order valence-electron chi connectivity index (χ0n) is 11.6. The van der Waals surface area contributed by atoms with E-state index in [1.54, 1.807) is 22.7 Å². The molecule has 0 unspecified atom stereocenters. The first-order chi connectivity index (χ1) is 10.7. The number of nitrogens with one attached hydrogen (secondary N) is 1. The summed E-state index contributed by atoms with van der Waals surface area (Å²) < 4.78 is 0. The quantitative estimate of drug-likeness (QED) is 0.613. The number of hydrogen-bond donors (Lipinski definition) is 1. The molecule has 0 spiro atoms. The summed E-state index contributed by atoms with van der Waals surface area (Å²) in [4.78, 5) is 5.80. The van der Waals surface area contributed by atoms with E-state index in [4.69, 9.17) is 23.2 Å². The SMILES string of the molecule is Clc1ccc(CN[C@H](Cc2cccs2)c2nccs2)cc1Cl. The lowest BCUT2D eigenvalue weighted by Crippen LogP contribution is -2.22. The summed E-state index contributed by atoms with van der Waals surface area (Å²) >= 11 is 15.5. The highest BCUT2D eigenvalue weighted by Crippen LogP contribution is 2.25. The van der Waals surface area contributed by atoms with Crippen molar-refractivity contribution >= 4 is 45.9 Å². The van der Waals surface area contributed by atoms with Crippen LogP contribution >= 0.6 is 45.9 Å². The van der Waals surface area contributed by atoms with Crippen molar-refractivity contribution in [3.8, 4) is 0 Å². The van der Waals surface area contributed by atoms with Crippen LogP contribution in [0, 0.1) is 0 Å². The predicted molar refractivity (Wildman–Crippen MR) is 96.2 cm³/mol. The lowest BCUT2D eigenvalue weighted by molar-refractivity contribution is 0.531. The maximum Gasteiger partial charge on any atom is 0.110 e. The molecule has 0 aliphatic heterocycles. The Hall–Kier alpha value is -0.910. The van der Waals surface area contributed by atoms with E-state index in [0.717, 1.165) is 23.5 Å². The fourth-order valence-electron chi connectivity index (χ4n) is 2.17. The van der Waals surface area contributed by atoms with Crippen molar-refractivity contribution in [2.24, 2.45) is 0 Å². The second-order valence-electron chi connectivity index (χ2n) is 4.84. The van der Waals surface area contributed by atoms with Gasteiger partial charge in [-0.1, -0.05) is 35.3 Å². The number of benzene rings is 1. The Bertz CT molecular complexity index is 712. The van der Waals surface area contributed by atoms with Gasteiger partial charge in [-0.05, 0) is 29.1 Å². The number of aromatic nitrogens is 1. The van der Waals surface area contributed by atoms with Crippen molar-refractivity contribution < 1.29 is 0 Å². The maximum atomic E-state index is 6.08. The van der Waals surface area contributed by atoms with Gasteiger partial charge in [-0.3, -0.25) is 0 Å². The van der Waals surface area contributed by atoms with Crippen LogP contribution < -0.4 is 5.32 Å². The molecule has 2 heterocycles. The molecule has 22 heavy (non-hydrogen) atoms. The monoisotopic (exact) mass is 368 g/mol. The molecular weight excluding hydrogens is 355 g/mol. The molecule has 0 aliphatic carbocycles. The number of thiophene rings is 1. The Morgan fingerprint density at radius 1 is 1.09 bits per heavy atom. The molecule has 0 amide bonds. The van der Waals surface area contributed by atoms with Gasteiger partial charge in [0.05, 0.1) is 16.1 Å². The van der Waals surface area contributed by atoms with E-state index in [-0.39, 0.29) is 6.04 Å². The lowest BCUT2D eigenvalue weighted by atomic mass is 10.1. The minimum absolute atomic E-state index is 0.202. The molecule has 0 saturated heterocycles. The van der Waals surface area contributed by atoms with Crippen LogP contribution in [0.3, 0.4) is 0 Å². The topological polar surface area (TPSA) is 24.9 Å².